The van der Waals surface area contributed by atoms with E-state index < -0.39 is 5.97 Å². The Kier molecular flexibility index (Phi) is 3.28. The second-order valence-electron chi connectivity index (χ2n) is 3.87. The molecule has 0 radical (unpaired) electrons. The lowest BCUT2D eigenvalue weighted by atomic mass is 10.2. The molecule has 0 fully saturated rings. The molecule has 0 spiro atoms. The van der Waals surface area contributed by atoms with Crippen molar-refractivity contribution in [3.63, 3.8) is 0 Å². The van der Waals surface area contributed by atoms with Crippen molar-refractivity contribution in [3.8, 4) is 0 Å². The zero-order chi connectivity index (χ0) is 10.7. The number of carbonyl (C=O) groups is 1. The first-order valence-electron chi connectivity index (χ1n) is 4.73. The van der Waals surface area contributed by atoms with E-state index in [9.17, 15) is 4.79 Å². The van der Waals surface area contributed by atoms with Crippen LogP contribution in [0.3, 0.4) is 0 Å². The lowest BCUT2D eigenvalue weighted by Crippen LogP contribution is -2.12. The van der Waals surface area contributed by atoms with Crippen molar-refractivity contribution in [3.05, 3.63) is 17.7 Å². The molecule has 0 aliphatic rings. The monoisotopic (exact) mass is 196 g/mol. The highest BCUT2D eigenvalue weighted by molar-refractivity contribution is 5.69. The van der Waals surface area contributed by atoms with Gasteiger partial charge in [-0.15, -0.1) is 0 Å². The van der Waals surface area contributed by atoms with Crippen molar-refractivity contribution < 1.29 is 9.90 Å². The predicted molar refractivity (Wildman–Crippen MR) is 53.1 cm³/mol. The van der Waals surface area contributed by atoms with Crippen molar-refractivity contribution in [1.82, 2.24) is 9.55 Å². The second-order valence-corrected chi connectivity index (χ2v) is 3.87. The number of aryl methyl sites for hydroxylation is 1. The van der Waals surface area contributed by atoms with Crippen molar-refractivity contribution >= 4 is 5.97 Å². The van der Waals surface area contributed by atoms with Gasteiger partial charge in [-0.25, -0.2) is 4.98 Å². The standard InChI is InChI=1S/C10H16N2O2/c1-7(2)6-12-8(3)11-5-9(12)4-10(13)14/h5,7H,4,6H2,1-3H3,(H,13,14). The fourth-order valence-electron chi connectivity index (χ4n) is 1.43. The molecule has 0 saturated heterocycles. The Labute approximate surface area is 83.6 Å². The average Bonchev–Trinajstić information content (AvgIpc) is 2.34. The Hall–Kier alpha value is -1.32. The molecule has 4 nitrogen and oxygen atoms in total. The van der Waals surface area contributed by atoms with Crippen molar-refractivity contribution in [2.45, 2.75) is 33.7 Å². The number of hydrogen-bond acceptors (Lipinski definition) is 2. The van der Waals surface area contributed by atoms with Crippen LogP contribution in [-0.4, -0.2) is 20.6 Å². The topological polar surface area (TPSA) is 55.1 Å². The lowest BCUT2D eigenvalue weighted by molar-refractivity contribution is -0.136. The average molecular weight is 196 g/mol. The minimum atomic E-state index is -0.810. The molecule has 1 aromatic heterocycles. The molecule has 0 aromatic carbocycles. The summed E-state index contributed by atoms with van der Waals surface area (Å²) >= 11 is 0. The fraction of sp³-hybridized carbons (Fsp3) is 0.600. The molecule has 14 heavy (non-hydrogen) atoms. The summed E-state index contributed by atoms with van der Waals surface area (Å²) in [5, 5.41) is 8.69. The maximum atomic E-state index is 10.6. The van der Waals surface area contributed by atoms with Crippen LogP contribution in [0.4, 0.5) is 0 Å². The maximum absolute atomic E-state index is 10.6. The predicted octanol–water partition coefficient (Wildman–Crippen LogP) is 1.47. The van der Waals surface area contributed by atoms with E-state index in [4.69, 9.17) is 5.11 Å². The second kappa shape index (κ2) is 4.26. The zero-order valence-electron chi connectivity index (χ0n) is 8.82. The Bertz CT molecular complexity index is 329. The van der Waals surface area contributed by atoms with Gasteiger partial charge in [-0.05, 0) is 12.8 Å². The first kappa shape index (κ1) is 10.8. The van der Waals surface area contributed by atoms with Crippen molar-refractivity contribution in [2.75, 3.05) is 0 Å². The first-order chi connectivity index (χ1) is 6.50. The van der Waals surface area contributed by atoms with E-state index in [1.165, 1.54) is 0 Å². The molecule has 78 valence electrons. The van der Waals surface area contributed by atoms with Gasteiger partial charge in [0.25, 0.3) is 0 Å². The lowest BCUT2D eigenvalue weighted by Gasteiger charge is -2.11. The normalized spacial score (nSPS) is 10.9. The number of rotatable bonds is 4. The minimum Gasteiger partial charge on any atom is -0.481 e. The molecular formula is C10H16N2O2. The quantitative estimate of drug-likeness (QED) is 0.793. The molecule has 0 bridgehead atoms. The van der Waals surface area contributed by atoms with Crippen LogP contribution in [0.1, 0.15) is 25.4 Å². The summed E-state index contributed by atoms with van der Waals surface area (Å²) < 4.78 is 1.97. The zero-order valence-corrected chi connectivity index (χ0v) is 8.82. The summed E-state index contributed by atoms with van der Waals surface area (Å²) in [5.74, 6) is 0.570. The first-order valence-corrected chi connectivity index (χ1v) is 4.73. The Morgan fingerprint density at radius 3 is 2.79 bits per heavy atom. The molecule has 1 rings (SSSR count). The summed E-state index contributed by atoms with van der Waals surface area (Å²) in [5.41, 5.74) is 0.781. The number of nitrogens with zero attached hydrogens (tertiary/aromatic N) is 2. The van der Waals surface area contributed by atoms with Crippen LogP contribution in [0, 0.1) is 12.8 Å². The molecule has 1 N–H and O–H groups in total. The van der Waals surface area contributed by atoms with Crippen LogP contribution in [0.2, 0.25) is 0 Å². The van der Waals surface area contributed by atoms with Crippen molar-refractivity contribution in [2.24, 2.45) is 5.92 Å². The number of hydrogen-bond donors (Lipinski definition) is 1. The summed E-state index contributed by atoms with van der Waals surface area (Å²) in [6, 6.07) is 0. The summed E-state index contributed by atoms with van der Waals surface area (Å²) in [7, 11) is 0. The molecule has 4 heteroatoms. The summed E-state index contributed by atoms with van der Waals surface area (Å²) in [4.78, 5) is 14.7. The van der Waals surface area contributed by atoms with Gasteiger partial charge in [0.15, 0.2) is 0 Å². The number of aromatic nitrogens is 2. The van der Waals surface area contributed by atoms with Gasteiger partial charge in [-0.3, -0.25) is 4.79 Å². The van der Waals surface area contributed by atoms with Gasteiger partial charge in [0.2, 0.25) is 0 Å². The highest BCUT2D eigenvalue weighted by Crippen LogP contribution is 2.09. The Morgan fingerprint density at radius 2 is 2.29 bits per heavy atom. The van der Waals surface area contributed by atoms with E-state index >= 15 is 0 Å². The van der Waals surface area contributed by atoms with Gasteiger partial charge < -0.3 is 9.67 Å². The third-order valence-electron chi connectivity index (χ3n) is 2.02. The fourth-order valence-corrected chi connectivity index (χ4v) is 1.43. The van der Waals surface area contributed by atoms with E-state index in [-0.39, 0.29) is 6.42 Å². The number of carboxylic acids is 1. The highest BCUT2D eigenvalue weighted by atomic mass is 16.4. The van der Waals surface area contributed by atoms with Gasteiger partial charge in [0, 0.05) is 18.4 Å². The van der Waals surface area contributed by atoms with E-state index in [0.717, 1.165) is 18.1 Å². The van der Waals surface area contributed by atoms with E-state index in [1.807, 2.05) is 11.5 Å². The molecule has 0 unspecified atom stereocenters. The van der Waals surface area contributed by atoms with E-state index in [0.29, 0.717) is 5.92 Å². The largest absolute Gasteiger partial charge is 0.481 e. The molecule has 1 aromatic rings. The molecule has 0 atom stereocenters. The molecule has 1 heterocycles. The van der Waals surface area contributed by atoms with E-state index in [2.05, 4.69) is 18.8 Å². The third kappa shape index (κ3) is 2.58. The molecule has 0 aliphatic heterocycles. The smallest absolute Gasteiger partial charge is 0.309 e. The maximum Gasteiger partial charge on any atom is 0.309 e. The van der Waals surface area contributed by atoms with Gasteiger partial charge in [0.1, 0.15) is 5.82 Å². The van der Waals surface area contributed by atoms with Crippen LogP contribution < -0.4 is 0 Å². The van der Waals surface area contributed by atoms with Crippen molar-refractivity contribution in [1.29, 1.82) is 0 Å². The number of aliphatic carboxylic acids is 1. The van der Waals surface area contributed by atoms with Crippen LogP contribution in [-0.2, 0) is 17.8 Å². The van der Waals surface area contributed by atoms with E-state index in [1.54, 1.807) is 6.20 Å². The molecule has 0 aliphatic carbocycles. The van der Waals surface area contributed by atoms with Crippen LogP contribution in [0.25, 0.3) is 0 Å². The van der Waals surface area contributed by atoms with Gasteiger partial charge in [-0.1, -0.05) is 13.8 Å². The SMILES string of the molecule is Cc1ncc(CC(=O)O)n1CC(C)C. The summed E-state index contributed by atoms with van der Waals surface area (Å²) in [6.45, 7) is 6.93. The van der Waals surface area contributed by atoms with Crippen LogP contribution in [0.15, 0.2) is 6.20 Å². The summed E-state index contributed by atoms with van der Waals surface area (Å²) in [6.07, 6.45) is 1.69. The molecule has 0 amide bonds. The van der Waals surface area contributed by atoms with Crippen LogP contribution in [0.5, 0.6) is 0 Å². The Morgan fingerprint density at radius 1 is 1.64 bits per heavy atom. The van der Waals surface area contributed by atoms with Crippen LogP contribution >= 0.6 is 0 Å². The molecule has 0 saturated carbocycles. The highest BCUT2D eigenvalue weighted by Gasteiger charge is 2.10. The third-order valence-corrected chi connectivity index (χ3v) is 2.02. The Balaban J connectivity index is 2.88. The molecular weight excluding hydrogens is 180 g/mol. The minimum absolute atomic E-state index is 0.0492. The number of imidazole rings is 1. The van der Waals surface area contributed by atoms with Gasteiger partial charge in [-0.2, -0.15) is 0 Å². The number of carboxylic acid groups (broad SMARTS) is 1. The van der Waals surface area contributed by atoms with Gasteiger partial charge in [0.05, 0.1) is 6.42 Å². The van der Waals surface area contributed by atoms with Gasteiger partial charge >= 0.3 is 5.97 Å².